The second-order valence-electron chi connectivity index (χ2n) is 8.18. The van der Waals surface area contributed by atoms with Gasteiger partial charge in [0.1, 0.15) is 0 Å². The Morgan fingerprint density at radius 2 is 1.69 bits per heavy atom. The van der Waals surface area contributed by atoms with Crippen LogP contribution >= 0.6 is 0 Å². The number of benzene rings is 2. The SMILES string of the molecule is C[C@H](NC(=O)c1cc(=O)[nH]c2ccc(S(=O)(=O)N3CCCCCC3)cc12)c1ccccc1. The van der Waals surface area contributed by atoms with Crippen LogP contribution in [0.5, 0.6) is 0 Å². The third-order valence-corrected chi connectivity index (χ3v) is 7.80. The van der Waals surface area contributed by atoms with Gasteiger partial charge < -0.3 is 10.3 Å². The van der Waals surface area contributed by atoms with E-state index in [2.05, 4.69) is 10.3 Å². The number of nitrogens with zero attached hydrogens (tertiary/aromatic N) is 1. The molecule has 3 aromatic rings. The van der Waals surface area contributed by atoms with E-state index in [9.17, 15) is 18.0 Å². The van der Waals surface area contributed by atoms with Crippen molar-refractivity contribution in [3.63, 3.8) is 0 Å². The molecule has 32 heavy (non-hydrogen) atoms. The maximum Gasteiger partial charge on any atom is 0.252 e. The van der Waals surface area contributed by atoms with E-state index < -0.39 is 21.5 Å². The van der Waals surface area contributed by atoms with Crippen LogP contribution in [0.3, 0.4) is 0 Å². The minimum Gasteiger partial charge on any atom is -0.345 e. The van der Waals surface area contributed by atoms with Crippen molar-refractivity contribution >= 4 is 26.8 Å². The molecular weight excluding hydrogens is 426 g/mol. The summed E-state index contributed by atoms with van der Waals surface area (Å²) in [5, 5.41) is 3.31. The first kappa shape index (κ1) is 22.2. The van der Waals surface area contributed by atoms with Crippen LogP contribution in [0.2, 0.25) is 0 Å². The Kier molecular flexibility index (Phi) is 6.43. The molecule has 1 aliphatic rings. The van der Waals surface area contributed by atoms with Crippen LogP contribution < -0.4 is 10.9 Å². The number of H-pyrrole nitrogens is 1. The first-order valence-electron chi connectivity index (χ1n) is 10.9. The van der Waals surface area contributed by atoms with Crippen molar-refractivity contribution in [2.24, 2.45) is 0 Å². The maximum absolute atomic E-state index is 13.2. The molecule has 1 atom stereocenters. The molecule has 0 bridgehead atoms. The highest BCUT2D eigenvalue weighted by Gasteiger charge is 2.26. The Balaban J connectivity index is 1.71. The first-order valence-corrected chi connectivity index (χ1v) is 12.3. The Labute approximate surface area is 187 Å². The number of pyridine rings is 1. The Morgan fingerprint density at radius 1 is 1.00 bits per heavy atom. The zero-order chi connectivity index (χ0) is 22.7. The van der Waals surface area contributed by atoms with Gasteiger partial charge in [-0.3, -0.25) is 9.59 Å². The number of hydrogen-bond donors (Lipinski definition) is 2. The molecular formula is C24H27N3O4S. The summed E-state index contributed by atoms with van der Waals surface area (Å²) < 4.78 is 28.0. The predicted octanol–water partition coefficient (Wildman–Crippen LogP) is 3.58. The van der Waals surface area contributed by atoms with Gasteiger partial charge in [0, 0.05) is 30.1 Å². The lowest BCUT2D eigenvalue weighted by Gasteiger charge is -2.20. The number of rotatable bonds is 5. The monoisotopic (exact) mass is 453 g/mol. The molecule has 1 aliphatic heterocycles. The number of carbonyl (C=O) groups excluding carboxylic acids is 1. The van der Waals surface area contributed by atoms with E-state index in [1.807, 2.05) is 37.3 Å². The normalized spacial score (nSPS) is 16.4. The van der Waals surface area contributed by atoms with E-state index in [0.717, 1.165) is 31.2 Å². The summed E-state index contributed by atoms with van der Waals surface area (Å²) in [5.74, 6) is -0.429. The number of aromatic amines is 1. The quantitative estimate of drug-likeness (QED) is 0.617. The van der Waals surface area contributed by atoms with E-state index >= 15 is 0 Å². The highest BCUT2D eigenvalue weighted by atomic mass is 32.2. The zero-order valence-electron chi connectivity index (χ0n) is 18.0. The fourth-order valence-electron chi connectivity index (χ4n) is 4.11. The smallest absolute Gasteiger partial charge is 0.252 e. The van der Waals surface area contributed by atoms with Gasteiger partial charge in [-0.15, -0.1) is 0 Å². The largest absolute Gasteiger partial charge is 0.345 e. The number of carbonyl (C=O) groups is 1. The van der Waals surface area contributed by atoms with Crippen molar-refractivity contribution in [3.8, 4) is 0 Å². The molecule has 0 saturated carbocycles. The average Bonchev–Trinajstić information content (AvgIpc) is 3.09. The summed E-state index contributed by atoms with van der Waals surface area (Å²) in [4.78, 5) is 28.1. The van der Waals surface area contributed by atoms with Crippen molar-refractivity contribution in [2.45, 2.75) is 43.5 Å². The van der Waals surface area contributed by atoms with Gasteiger partial charge in [0.15, 0.2) is 0 Å². The van der Waals surface area contributed by atoms with Crippen molar-refractivity contribution < 1.29 is 13.2 Å². The standard InChI is InChI=1S/C24H27N3O4S/c1-17(18-9-5-4-6-10-18)25-24(29)21-16-23(28)26-22-12-11-19(15-20(21)22)32(30,31)27-13-7-2-3-8-14-27/h4-6,9-12,15-17H,2-3,7-8,13-14H2,1H3,(H,25,29)(H,26,28)/t17-/m0/s1. The third-order valence-electron chi connectivity index (χ3n) is 5.91. The van der Waals surface area contributed by atoms with E-state index in [1.165, 1.54) is 22.5 Å². The molecule has 4 rings (SSSR count). The van der Waals surface area contributed by atoms with Crippen LogP contribution in [0.4, 0.5) is 0 Å². The topological polar surface area (TPSA) is 99.3 Å². The molecule has 1 amide bonds. The predicted molar refractivity (Wildman–Crippen MR) is 124 cm³/mol. The number of aromatic nitrogens is 1. The van der Waals surface area contributed by atoms with E-state index in [-0.39, 0.29) is 16.5 Å². The highest BCUT2D eigenvalue weighted by molar-refractivity contribution is 7.89. The molecule has 2 N–H and O–H groups in total. The third kappa shape index (κ3) is 4.61. The van der Waals surface area contributed by atoms with Gasteiger partial charge in [-0.05, 0) is 43.5 Å². The number of hydrogen-bond acceptors (Lipinski definition) is 4. The van der Waals surface area contributed by atoms with E-state index in [0.29, 0.717) is 24.0 Å². The van der Waals surface area contributed by atoms with Crippen molar-refractivity contribution in [1.29, 1.82) is 0 Å². The fraction of sp³-hybridized carbons (Fsp3) is 0.333. The average molecular weight is 454 g/mol. The van der Waals surface area contributed by atoms with Gasteiger partial charge in [0.2, 0.25) is 15.6 Å². The molecule has 7 nitrogen and oxygen atoms in total. The Bertz CT molecular complexity index is 1280. The molecule has 2 aromatic carbocycles. The summed E-state index contributed by atoms with van der Waals surface area (Å²) in [6.07, 6.45) is 3.72. The first-order chi connectivity index (χ1) is 15.4. The second-order valence-corrected chi connectivity index (χ2v) is 10.1. The molecule has 168 valence electrons. The Hall–Kier alpha value is -2.97. The highest BCUT2D eigenvalue weighted by Crippen LogP contribution is 2.25. The lowest BCUT2D eigenvalue weighted by atomic mass is 10.1. The zero-order valence-corrected chi connectivity index (χ0v) is 18.8. The minimum atomic E-state index is -3.69. The van der Waals surface area contributed by atoms with Crippen LogP contribution in [0, 0.1) is 0 Å². The van der Waals surface area contributed by atoms with Gasteiger partial charge in [-0.1, -0.05) is 43.2 Å². The van der Waals surface area contributed by atoms with E-state index in [4.69, 9.17) is 0 Å². The summed E-state index contributed by atoms with van der Waals surface area (Å²) >= 11 is 0. The molecule has 8 heteroatoms. The number of nitrogens with one attached hydrogen (secondary N) is 2. The number of amides is 1. The van der Waals surface area contributed by atoms with E-state index in [1.54, 1.807) is 6.07 Å². The van der Waals surface area contributed by atoms with Crippen LogP contribution in [0.25, 0.3) is 10.9 Å². The van der Waals surface area contributed by atoms with Crippen LogP contribution in [0.15, 0.2) is 64.3 Å². The maximum atomic E-state index is 13.2. The minimum absolute atomic E-state index is 0.129. The number of sulfonamides is 1. The number of fused-ring (bicyclic) bond motifs is 1. The molecule has 0 spiro atoms. The molecule has 1 saturated heterocycles. The molecule has 0 radical (unpaired) electrons. The van der Waals surface area contributed by atoms with Crippen molar-refractivity contribution in [3.05, 3.63) is 76.1 Å². The fourth-order valence-corrected chi connectivity index (χ4v) is 5.66. The lowest BCUT2D eigenvalue weighted by Crippen LogP contribution is -2.32. The van der Waals surface area contributed by atoms with Gasteiger partial charge in [-0.25, -0.2) is 8.42 Å². The second kappa shape index (κ2) is 9.26. The van der Waals surface area contributed by atoms with Gasteiger partial charge >= 0.3 is 0 Å². The van der Waals surface area contributed by atoms with Crippen molar-refractivity contribution in [2.75, 3.05) is 13.1 Å². The molecule has 1 fully saturated rings. The van der Waals surface area contributed by atoms with Crippen LogP contribution in [-0.2, 0) is 10.0 Å². The molecule has 0 aliphatic carbocycles. The van der Waals surface area contributed by atoms with Crippen molar-refractivity contribution in [1.82, 2.24) is 14.6 Å². The lowest BCUT2D eigenvalue weighted by molar-refractivity contribution is 0.0941. The summed E-state index contributed by atoms with van der Waals surface area (Å²) in [6, 6.07) is 15.0. The van der Waals surface area contributed by atoms with Gasteiger partial charge in [-0.2, -0.15) is 4.31 Å². The summed E-state index contributed by atoms with van der Waals surface area (Å²) in [6.45, 7) is 2.85. The van der Waals surface area contributed by atoms with Gasteiger partial charge in [0.25, 0.3) is 5.91 Å². The summed E-state index contributed by atoms with van der Waals surface area (Å²) in [5.41, 5.74) is 1.09. The summed E-state index contributed by atoms with van der Waals surface area (Å²) in [7, 11) is -3.69. The molecule has 0 unspecified atom stereocenters. The van der Waals surface area contributed by atoms with Gasteiger partial charge in [0.05, 0.1) is 16.5 Å². The van der Waals surface area contributed by atoms with Crippen LogP contribution in [-0.4, -0.2) is 36.7 Å². The van der Waals surface area contributed by atoms with Crippen LogP contribution in [0.1, 0.15) is 54.6 Å². The Morgan fingerprint density at radius 3 is 2.38 bits per heavy atom. The molecule has 1 aromatic heterocycles. The molecule has 2 heterocycles.